The normalized spacial score (nSPS) is 9.95. The topological polar surface area (TPSA) is 92.5 Å². The fourth-order valence-electron chi connectivity index (χ4n) is 1.77. The second-order valence-corrected chi connectivity index (χ2v) is 4.47. The molecule has 0 saturated carbocycles. The first-order valence-electron chi connectivity index (χ1n) is 6.34. The van der Waals surface area contributed by atoms with Gasteiger partial charge in [0.15, 0.2) is 0 Å². The Balaban J connectivity index is 2.79. The lowest BCUT2D eigenvalue weighted by atomic mass is 10.1. The number of benzene rings is 1. The average Bonchev–Trinajstić information content (AvgIpc) is 2.43. The third-order valence-corrected chi connectivity index (χ3v) is 2.91. The molecule has 0 aliphatic rings. The molecule has 1 aromatic rings. The molecule has 0 heterocycles. The van der Waals surface area contributed by atoms with Gasteiger partial charge in [-0.1, -0.05) is 18.2 Å². The van der Waals surface area contributed by atoms with Crippen LogP contribution in [0.5, 0.6) is 0 Å². The highest BCUT2D eigenvalue weighted by atomic mass is 16.2. The zero-order valence-electron chi connectivity index (χ0n) is 11.7. The van der Waals surface area contributed by atoms with Crippen molar-refractivity contribution in [3.05, 3.63) is 29.3 Å². The van der Waals surface area contributed by atoms with Crippen molar-refractivity contribution in [2.45, 2.75) is 20.3 Å². The van der Waals surface area contributed by atoms with Gasteiger partial charge < -0.3 is 11.1 Å². The van der Waals surface area contributed by atoms with Crippen molar-refractivity contribution in [2.75, 3.05) is 18.4 Å². The van der Waals surface area contributed by atoms with Gasteiger partial charge in [0.05, 0.1) is 0 Å². The summed E-state index contributed by atoms with van der Waals surface area (Å²) in [5.41, 5.74) is 7.61. The zero-order chi connectivity index (χ0) is 15.1. The molecule has 0 unspecified atom stereocenters. The molecule has 0 saturated heterocycles. The maximum atomic E-state index is 11.9. The lowest BCUT2D eigenvalue weighted by Crippen LogP contribution is -2.40. The van der Waals surface area contributed by atoms with Crippen LogP contribution in [0.1, 0.15) is 17.5 Å². The van der Waals surface area contributed by atoms with Crippen LogP contribution in [-0.2, 0) is 14.4 Å². The molecule has 0 aliphatic carbocycles. The number of aryl methyl sites for hydroxylation is 2. The van der Waals surface area contributed by atoms with Crippen LogP contribution in [0.2, 0.25) is 0 Å². The zero-order valence-corrected chi connectivity index (χ0v) is 11.7. The molecule has 0 fully saturated rings. The van der Waals surface area contributed by atoms with Crippen molar-refractivity contribution in [2.24, 2.45) is 5.73 Å². The predicted octanol–water partition coefficient (Wildman–Crippen LogP) is 0.576. The highest BCUT2D eigenvalue weighted by molar-refractivity contribution is 6.41. The standard InChI is InChI=1S/C14H19N3O3/c1-10-5-3-6-11(2)12(10)16-13(19)14(20)17(9-18)8-4-7-15/h3,5-6,9H,4,7-8,15H2,1-2H3,(H,16,19). The fraction of sp³-hybridized carbons (Fsp3) is 0.357. The summed E-state index contributed by atoms with van der Waals surface area (Å²) in [5, 5.41) is 2.55. The van der Waals surface area contributed by atoms with E-state index in [1.165, 1.54) is 0 Å². The van der Waals surface area contributed by atoms with E-state index >= 15 is 0 Å². The van der Waals surface area contributed by atoms with E-state index in [0.717, 1.165) is 16.0 Å². The monoisotopic (exact) mass is 277 g/mol. The van der Waals surface area contributed by atoms with Gasteiger partial charge in [0.1, 0.15) is 0 Å². The van der Waals surface area contributed by atoms with Crippen molar-refractivity contribution in [3.63, 3.8) is 0 Å². The first-order chi connectivity index (χ1) is 9.51. The van der Waals surface area contributed by atoms with Gasteiger partial charge in [0.25, 0.3) is 0 Å². The van der Waals surface area contributed by atoms with Gasteiger partial charge in [-0.15, -0.1) is 0 Å². The summed E-state index contributed by atoms with van der Waals surface area (Å²) >= 11 is 0. The molecule has 3 N–H and O–H groups in total. The lowest BCUT2D eigenvalue weighted by molar-refractivity contribution is -0.146. The number of nitrogens with one attached hydrogen (secondary N) is 1. The molecule has 1 aromatic carbocycles. The number of nitrogens with two attached hydrogens (primary N) is 1. The van der Waals surface area contributed by atoms with Gasteiger partial charge in [-0.2, -0.15) is 0 Å². The van der Waals surface area contributed by atoms with E-state index in [4.69, 9.17) is 5.73 Å². The fourth-order valence-corrected chi connectivity index (χ4v) is 1.77. The van der Waals surface area contributed by atoms with Crippen LogP contribution in [0.25, 0.3) is 0 Å². The summed E-state index contributed by atoms with van der Waals surface area (Å²) in [4.78, 5) is 35.4. The molecule has 3 amide bonds. The second-order valence-electron chi connectivity index (χ2n) is 4.47. The Bertz CT molecular complexity index is 494. The Hall–Kier alpha value is -2.21. The largest absolute Gasteiger partial charge is 0.330 e. The first-order valence-corrected chi connectivity index (χ1v) is 6.34. The molecule has 0 aliphatic heterocycles. The number of amides is 3. The molecular formula is C14H19N3O3. The Labute approximate surface area is 117 Å². The molecule has 0 aromatic heterocycles. The maximum Gasteiger partial charge on any atom is 0.318 e. The van der Waals surface area contributed by atoms with Crippen molar-refractivity contribution < 1.29 is 14.4 Å². The van der Waals surface area contributed by atoms with E-state index in [1.54, 1.807) is 0 Å². The highest BCUT2D eigenvalue weighted by Crippen LogP contribution is 2.19. The summed E-state index contributed by atoms with van der Waals surface area (Å²) in [6, 6.07) is 5.53. The third kappa shape index (κ3) is 3.89. The molecule has 6 nitrogen and oxygen atoms in total. The minimum absolute atomic E-state index is 0.138. The Morgan fingerprint density at radius 3 is 2.40 bits per heavy atom. The SMILES string of the molecule is Cc1cccc(C)c1NC(=O)C(=O)N(C=O)CCCN. The number of imide groups is 1. The van der Waals surface area contributed by atoms with E-state index in [-0.39, 0.29) is 6.54 Å². The minimum Gasteiger partial charge on any atom is -0.330 e. The van der Waals surface area contributed by atoms with E-state index in [2.05, 4.69) is 5.32 Å². The van der Waals surface area contributed by atoms with E-state index in [9.17, 15) is 14.4 Å². The number of hydrogen-bond donors (Lipinski definition) is 2. The molecular weight excluding hydrogens is 258 g/mol. The van der Waals surface area contributed by atoms with E-state index < -0.39 is 11.8 Å². The van der Waals surface area contributed by atoms with Crippen LogP contribution < -0.4 is 11.1 Å². The summed E-state index contributed by atoms with van der Waals surface area (Å²) in [6.07, 6.45) is 0.809. The summed E-state index contributed by atoms with van der Waals surface area (Å²) in [5.74, 6) is -1.71. The smallest absolute Gasteiger partial charge is 0.318 e. The van der Waals surface area contributed by atoms with Gasteiger partial charge in [-0.05, 0) is 37.9 Å². The predicted molar refractivity (Wildman–Crippen MR) is 76.0 cm³/mol. The van der Waals surface area contributed by atoms with Crippen LogP contribution in [-0.4, -0.2) is 36.2 Å². The molecule has 20 heavy (non-hydrogen) atoms. The van der Waals surface area contributed by atoms with Gasteiger partial charge >= 0.3 is 11.8 Å². The molecule has 0 spiro atoms. The van der Waals surface area contributed by atoms with E-state index in [0.29, 0.717) is 25.1 Å². The number of hydrogen-bond acceptors (Lipinski definition) is 4. The molecule has 1 rings (SSSR count). The summed E-state index contributed by atoms with van der Waals surface area (Å²) < 4.78 is 0. The van der Waals surface area contributed by atoms with Gasteiger partial charge in [-0.3, -0.25) is 19.3 Å². The van der Waals surface area contributed by atoms with Gasteiger partial charge in [-0.25, -0.2) is 0 Å². The maximum absolute atomic E-state index is 11.9. The number of rotatable bonds is 5. The lowest BCUT2D eigenvalue weighted by Gasteiger charge is -2.16. The second kappa shape index (κ2) is 7.40. The number of carbonyl (C=O) groups excluding carboxylic acids is 3. The van der Waals surface area contributed by atoms with Gasteiger partial charge in [0.2, 0.25) is 6.41 Å². The van der Waals surface area contributed by atoms with Crippen molar-refractivity contribution in [1.29, 1.82) is 0 Å². The van der Waals surface area contributed by atoms with E-state index in [1.807, 2.05) is 32.0 Å². The highest BCUT2D eigenvalue weighted by Gasteiger charge is 2.22. The Morgan fingerprint density at radius 2 is 1.90 bits per heavy atom. The van der Waals surface area contributed by atoms with Crippen molar-refractivity contribution in [3.8, 4) is 0 Å². The molecule has 0 bridgehead atoms. The minimum atomic E-state index is -0.879. The Morgan fingerprint density at radius 1 is 1.30 bits per heavy atom. The number of anilines is 1. The van der Waals surface area contributed by atoms with Crippen molar-refractivity contribution in [1.82, 2.24) is 4.90 Å². The molecule has 6 heteroatoms. The molecule has 0 radical (unpaired) electrons. The van der Waals surface area contributed by atoms with Crippen LogP contribution in [0, 0.1) is 13.8 Å². The number of nitrogens with zero attached hydrogens (tertiary/aromatic N) is 1. The summed E-state index contributed by atoms with van der Waals surface area (Å²) in [6.45, 7) is 4.15. The number of para-hydroxylation sites is 1. The average molecular weight is 277 g/mol. The van der Waals surface area contributed by atoms with Crippen LogP contribution in [0.4, 0.5) is 5.69 Å². The van der Waals surface area contributed by atoms with Gasteiger partial charge in [0, 0.05) is 12.2 Å². The molecule has 108 valence electrons. The van der Waals surface area contributed by atoms with Crippen LogP contribution in [0.15, 0.2) is 18.2 Å². The third-order valence-electron chi connectivity index (χ3n) is 2.91. The first kappa shape index (κ1) is 15.8. The van der Waals surface area contributed by atoms with Crippen molar-refractivity contribution >= 4 is 23.9 Å². The summed E-state index contributed by atoms with van der Waals surface area (Å²) in [7, 11) is 0. The Kier molecular flexibility index (Phi) is 5.86. The number of carbonyl (C=O) groups is 3. The quantitative estimate of drug-likeness (QED) is 0.608. The molecule has 0 atom stereocenters. The van der Waals surface area contributed by atoms with Crippen LogP contribution in [0.3, 0.4) is 0 Å². The van der Waals surface area contributed by atoms with Crippen LogP contribution >= 0.6 is 0 Å².